The van der Waals surface area contributed by atoms with E-state index in [1.165, 1.54) is 0 Å². The van der Waals surface area contributed by atoms with Gasteiger partial charge < -0.3 is 10.5 Å². The maximum absolute atomic E-state index is 5.49. The van der Waals surface area contributed by atoms with E-state index in [1.54, 1.807) is 0 Å². The molecule has 90 valence electrons. The van der Waals surface area contributed by atoms with Crippen LogP contribution in [0.4, 0.5) is 0 Å². The molecule has 0 bridgehead atoms. The molecule has 0 unspecified atom stereocenters. The van der Waals surface area contributed by atoms with Gasteiger partial charge in [-0.15, -0.1) is 5.10 Å². The van der Waals surface area contributed by atoms with Crippen molar-refractivity contribution in [2.75, 3.05) is 39.4 Å². The molecule has 1 fully saturated rings. The lowest BCUT2D eigenvalue weighted by Crippen LogP contribution is -2.38. The highest BCUT2D eigenvalue weighted by atomic mass is 16.5. The highest BCUT2D eigenvalue weighted by Gasteiger charge is 2.11. The fourth-order valence-electron chi connectivity index (χ4n) is 1.77. The summed E-state index contributed by atoms with van der Waals surface area (Å²) < 4.78 is 7.13. The molecule has 2 heterocycles. The summed E-state index contributed by atoms with van der Waals surface area (Å²) in [6, 6.07) is 0. The molecule has 1 aromatic rings. The number of morpholine rings is 1. The summed E-state index contributed by atoms with van der Waals surface area (Å²) >= 11 is 0. The normalized spacial score (nSPS) is 17.8. The van der Waals surface area contributed by atoms with E-state index in [9.17, 15) is 0 Å². The van der Waals surface area contributed by atoms with E-state index in [1.807, 2.05) is 4.68 Å². The maximum Gasteiger partial charge on any atom is 0.152 e. The molecule has 16 heavy (non-hydrogen) atoms. The standard InChI is InChI=1S/C9H18N6O/c10-2-1-9-11-12-13-15(9)4-3-14-5-7-16-8-6-14/h1-8,10H2. The molecule has 1 aliphatic heterocycles. The fraction of sp³-hybridized carbons (Fsp3) is 0.889. The second kappa shape index (κ2) is 5.88. The van der Waals surface area contributed by atoms with E-state index < -0.39 is 0 Å². The topological polar surface area (TPSA) is 82.1 Å². The van der Waals surface area contributed by atoms with Crippen molar-refractivity contribution in [2.24, 2.45) is 5.73 Å². The Morgan fingerprint density at radius 1 is 1.25 bits per heavy atom. The Kier molecular flexibility index (Phi) is 4.20. The van der Waals surface area contributed by atoms with Gasteiger partial charge in [-0.25, -0.2) is 4.68 Å². The average Bonchev–Trinajstić information content (AvgIpc) is 2.76. The molecule has 1 aromatic heterocycles. The molecule has 1 saturated heterocycles. The molecular formula is C9H18N6O. The van der Waals surface area contributed by atoms with Crippen LogP contribution in [-0.4, -0.2) is 64.5 Å². The second-order valence-electron chi connectivity index (χ2n) is 3.81. The van der Waals surface area contributed by atoms with Crippen molar-refractivity contribution in [2.45, 2.75) is 13.0 Å². The van der Waals surface area contributed by atoms with Crippen LogP contribution >= 0.6 is 0 Å². The van der Waals surface area contributed by atoms with Gasteiger partial charge in [0.1, 0.15) is 0 Å². The number of hydrogen-bond donors (Lipinski definition) is 1. The van der Waals surface area contributed by atoms with Gasteiger partial charge in [-0.2, -0.15) is 0 Å². The largest absolute Gasteiger partial charge is 0.379 e. The van der Waals surface area contributed by atoms with E-state index in [0.29, 0.717) is 6.54 Å². The van der Waals surface area contributed by atoms with Crippen molar-refractivity contribution in [1.82, 2.24) is 25.1 Å². The summed E-state index contributed by atoms with van der Waals surface area (Å²) in [5.74, 6) is 0.871. The SMILES string of the molecule is NCCc1nnnn1CCN1CCOCC1. The van der Waals surface area contributed by atoms with Crippen molar-refractivity contribution in [1.29, 1.82) is 0 Å². The zero-order chi connectivity index (χ0) is 11.2. The predicted molar refractivity (Wildman–Crippen MR) is 57.8 cm³/mol. The van der Waals surface area contributed by atoms with Gasteiger partial charge in [0.15, 0.2) is 5.82 Å². The first kappa shape index (κ1) is 11.4. The Balaban J connectivity index is 1.81. The lowest BCUT2D eigenvalue weighted by atomic mass is 10.4. The Hall–Kier alpha value is -1.05. The Labute approximate surface area is 94.5 Å². The summed E-state index contributed by atoms with van der Waals surface area (Å²) in [7, 11) is 0. The van der Waals surface area contributed by atoms with Gasteiger partial charge in [-0.3, -0.25) is 4.90 Å². The van der Waals surface area contributed by atoms with E-state index in [4.69, 9.17) is 10.5 Å². The summed E-state index contributed by atoms with van der Waals surface area (Å²) in [4.78, 5) is 2.36. The van der Waals surface area contributed by atoms with Crippen LogP contribution in [0.2, 0.25) is 0 Å². The molecule has 7 heteroatoms. The second-order valence-corrected chi connectivity index (χ2v) is 3.81. The van der Waals surface area contributed by atoms with Crippen molar-refractivity contribution in [3.05, 3.63) is 5.82 Å². The van der Waals surface area contributed by atoms with Crippen LogP contribution in [0, 0.1) is 0 Å². The van der Waals surface area contributed by atoms with E-state index in [2.05, 4.69) is 20.4 Å². The fourth-order valence-corrected chi connectivity index (χ4v) is 1.77. The van der Waals surface area contributed by atoms with Crippen LogP contribution in [0.3, 0.4) is 0 Å². The summed E-state index contributed by atoms with van der Waals surface area (Å²) in [6.45, 7) is 6.01. The number of tetrazole rings is 1. The zero-order valence-electron chi connectivity index (χ0n) is 9.38. The van der Waals surface area contributed by atoms with Gasteiger partial charge in [0.25, 0.3) is 0 Å². The number of aromatic nitrogens is 4. The monoisotopic (exact) mass is 226 g/mol. The van der Waals surface area contributed by atoms with E-state index in [0.717, 1.165) is 51.6 Å². The Morgan fingerprint density at radius 3 is 2.81 bits per heavy atom. The first-order chi connectivity index (χ1) is 7.90. The van der Waals surface area contributed by atoms with Crippen molar-refractivity contribution >= 4 is 0 Å². The lowest BCUT2D eigenvalue weighted by Gasteiger charge is -2.26. The van der Waals surface area contributed by atoms with Gasteiger partial charge in [0.05, 0.1) is 19.8 Å². The third kappa shape index (κ3) is 2.97. The summed E-state index contributed by atoms with van der Waals surface area (Å²) in [6.07, 6.45) is 0.732. The average molecular weight is 226 g/mol. The Morgan fingerprint density at radius 2 is 2.06 bits per heavy atom. The molecule has 1 aliphatic rings. The molecule has 7 nitrogen and oxygen atoms in total. The zero-order valence-corrected chi connectivity index (χ0v) is 9.38. The molecule has 0 amide bonds. The minimum absolute atomic E-state index is 0.581. The number of rotatable bonds is 5. The third-order valence-corrected chi connectivity index (χ3v) is 2.71. The van der Waals surface area contributed by atoms with Gasteiger partial charge in [0.2, 0.25) is 0 Å². The first-order valence-corrected chi connectivity index (χ1v) is 5.65. The van der Waals surface area contributed by atoms with Crippen LogP contribution in [0.5, 0.6) is 0 Å². The minimum atomic E-state index is 0.581. The van der Waals surface area contributed by atoms with Gasteiger partial charge in [0, 0.05) is 26.1 Å². The van der Waals surface area contributed by atoms with E-state index >= 15 is 0 Å². The molecule has 0 aromatic carbocycles. The predicted octanol–water partition coefficient (Wildman–Crippen LogP) is -1.49. The maximum atomic E-state index is 5.49. The number of ether oxygens (including phenoxy) is 1. The molecule has 2 N–H and O–H groups in total. The smallest absolute Gasteiger partial charge is 0.152 e. The number of hydrogen-bond acceptors (Lipinski definition) is 6. The van der Waals surface area contributed by atoms with Gasteiger partial charge in [-0.05, 0) is 17.0 Å². The van der Waals surface area contributed by atoms with Crippen LogP contribution in [0.25, 0.3) is 0 Å². The highest BCUT2D eigenvalue weighted by molar-refractivity contribution is 4.81. The molecule has 0 atom stereocenters. The summed E-state index contributed by atoms with van der Waals surface area (Å²) in [5.41, 5.74) is 5.49. The minimum Gasteiger partial charge on any atom is -0.379 e. The number of nitrogens with two attached hydrogens (primary N) is 1. The molecule has 2 rings (SSSR count). The molecular weight excluding hydrogens is 208 g/mol. The third-order valence-electron chi connectivity index (χ3n) is 2.71. The quantitative estimate of drug-likeness (QED) is 0.658. The van der Waals surface area contributed by atoms with Crippen LogP contribution in [-0.2, 0) is 17.7 Å². The van der Waals surface area contributed by atoms with E-state index in [-0.39, 0.29) is 0 Å². The van der Waals surface area contributed by atoms with Crippen molar-refractivity contribution < 1.29 is 4.74 Å². The van der Waals surface area contributed by atoms with Crippen LogP contribution in [0.1, 0.15) is 5.82 Å². The van der Waals surface area contributed by atoms with Gasteiger partial charge >= 0.3 is 0 Å². The van der Waals surface area contributed by atoms with Crippen LogP contribution in [0.15, 0.2) is 0 Å². The summed E-state index contributed by atoms with van der Waals surface area (Å²) in [5, 5.41) is 11.6. The highest BCUT2D eigenvalue weighted by Crippen LogP contribution is 1.98. The first-order valence-electron chi connectivity index (χ1n) is 5.65. The van der Waals surface area contributed by atoms with Crippen molar-refractivity contribution in [3.63, 3.8) is 0 Å². The lowest BCUT2D eigenvalue weighted by molar-refractivity contribution is 0.0358. The van der Waals surface area contributed by atoms with Crippen molar-refractivity contribution in [3.8, 4) is 0 Å². The molecule has 0 saturated carbocycles. The van der Waals surface area contributed by atoms with Crippen LogP contribution < -0.4 is 5.73 Å². The molecule has 0 spiro atoms. The molecule has 0 radical (unpaired) electrons. The van der Waals surface area contributed by atoms with Gasteiger partial charge in [-0.1, -0.05) is 0 Å². The molecule has 0 aliphatic carbocycles. The Bertz CT molecular complexity index is 309. The number of nitrogens with zero attached hydrogens (tertiary/aromatic N) is 5.